The summed E-state index contributed by atoms with van der Waals surface area (Å²) >= 11 is 0. The average molecular weight is 346 g/mol. The average Bonchev–Trinajstić information content (AvgIpc) is 2.63. The maximum Gasteiger partial charge on any atom is 0.269 e. The lowest BCUT2D eigenvalue weighted by Gasteiger charge is -2.19. The lowest BCUT2D eigenvalue weighted by molar-refractivity contribution is -0.109. The molecule has 0 fully saturated rings. The van der Waals surface area contributed by atoms with Crippen LogP contribution < -0.4 is 10.9 Å². The van der Waals surface area contributed by atoms with Crippen molar-refractivity contribution in [2.24, 2.45) is 0 Å². The molecule has 0 saturated heterocycles. The number of hydrogen-bond donors (Lipinski definition) is 2. The molecule has 0 aromatic heterocycles. The Kier molecular flexibility index (Phi) is 4.76. The van der Waals surface area contributed by atoms with Gasteiger partial charge in [0.1, 0.15) is 0 Å². The largest absolute Gasteiger partial charge is 0.305 e. The maximum absolute atomic E-state index is 12.3. The van der Waals surface area contributed by atoms with Gasteiger partial charge in [-0.05, 0) is 40.3 Å². The lowest BCUT2D eigenvalue weighted by Crippen LogP contribution is -2.34. The van der Waals surface area contributed by atoms with Gasteiger partial charge in [0, 0.05) is 17.3 Å². The molecule has 0 heterocycles. The number of carbonyl (C=O) groups excluding carboxylic acids is 2. The number of hydrazine groups is 1. The van der Waals surface area contributed by atoms with Crippen molar-refractivity contribution in [3.8, 4) is 0 Å². The Labute approximate surface area is 153 Å². The second kappa shape index (κ2) is 7.00. The second-order valence-corrected chi connectivity index (χ2v) is 7.27. The van der Waals surface area contributed by atoms with Crippen LogP contribution in [0.3, 0.4) is 0 Å². The molecule has 1 amide bonds. The molecular formula is C22H22N2O2. The number of nitrogens with one attached hydrogen (secondary N) is 2. The summed E-state index contributed by atoms with van der Waals surface area (Å²) < 4.78 is 0. The second-order valence-electron chi connectivity index (χ2n) is 7.27. The van der Waals surface area contributed by atoms with E-state index in [1.807, 2.05) is 36.4 Å². The fraction of sp³-hybridized carbons (Fsp3) is 0.182. The molecule has 3 rings (SSSR count). The first-order chi connectivity index (χ1) is 12.4. The van der Waals surface area contributed by atoms with Crippen molar-refractivity contribution < 1.29 is 9.59 Å². The number of rotatable bonds is 3. The van der Waals surface area contributed by atoms with Gasteiger partial charge in [0.05, 0.1) is 0 Å². The third kappa shape index (κ3) is 3.75. The third-order valence-corrected chi connectivity index (χ3v) is 4.35. The van der Waals surface area contributed by atoms with E-state index in [1.54, 1.807) is 18.2 Å². The van der Waals surface area contributed by atoms with E-state index in [0.717, 1.165) is 11.1 Å². The Balaban J connectivity index is 1.69. The summed E-state index contributed by atoms with van der Waals surface area (Å²) in [7, 11) is 0. The summed E-state index contributed by atoms with van der Waals surface area (Å²) in [6, 6.07) is 15.2. The van der Waals surface area contributed by atoms with Gasteiger partial charge < -0.3 is 5.43 Å². The number of carbonyl (C=O) groups is 2. The molecule has 132 valence electrons. The summed E-state index contributed by atoms with van der Waals surface area (Å²) in [5.74, 6) is -0.352. The SMILES string of the molecule is CC(C)(C)c1ccc(C(=O)NN/C=C2\C(=O)C=Cc3ccccc32)cc1. The van der Waals surface area contributed by atoms with Crippen LogP contribution in [0.15, 0.2) is 60.8 Å². The van der Waals surface area contributed by atoms with Gasteiger partial charge in [-0.3, -0.25) is 15.0 Å². The van der Waals surface area contributed by atoms with E-state index in [0.29, 0.717) is 11.1 Å². The van der Waals surface area contributed by atoms with Crippen molar-refractivity contribution in [3.05, 3.63) is 83.1 Å². The van der Waals surface area contributed by atoms with Crippen molar-refractivity contribution >= 4 is 23.3 Å². The van der Waals surface area contributed by atoms with E-state index in [4.69, 9.17) is 0 Å². The molecule has 1 aliphatic rings. The molecule has 2 N–H and O–H groups in total. The zero-order chi connectivity index (χ0) is 18.7. The standard InChI is InChI=1S/C22H22N2O2/c1-22(2,3)17-11-8-16(9-12-17)21(26)24-23-14-19-18-7-5-4-6-15(18)10-13-20(19)25/h4-14,23H,1-3H3,(H,24,26)/b19-14-. The highest BCUT2D eigenvalue weighted by Crippen LogP contribution is 2.25. The summed E-state index contributed by atoms with van der Waals surface area (Å²) in [5, 5.41) is 0. The van der Waals surface area contributed by atoms with Crippen LogP contribution in [-0.2, 0) is 10.2 Å². The van der Waals surface area contributed by atoms with Gasteiger partial charge in [0.25, 0.3) is 5.91 Å². The number of fused-ring (bicyclic) bond motifs is 1. The van der Waals surface area contributed by atoms with Crippen molar-refractivity contribution in [1.29, 1.82) is 0 Å². The smallest absolute Gasteiger partial charge is 0.269 e. The normalized spacial score (nSPS) is 14.9. The van der Waals surface area contributed by atoms with E-state index in [2.05, 4.69) is 31.6 Å². The molecular weight excluding hydrogens is 324 g/mol. The van der Waals surface area contributed by atoms with Crippen LogP contribution in [0.1, 0.15) is 47.8 Å². The number of allylic oxidation sites excluding steroid dienone is 2. The number of hydrogen-bond acceptors (Lipinski definition) is 3. The first kappa shape index (κ1) is 17.7. The minimum atomic E-state index is -0.255. The van der Waals surface area contributed by atoms with E-state index < -0.39 is 0 Å². The van der Waals surface area contributed by atoms with Crippen molar-refractivity contribution in [1.82, 2.24) is 10.9 Å². The Morgan fingerprint density at radius 2 is 1.65 bits per heavy atom. The summed E-state index contributed by atoms with van der Waals surface area (Å²) in [6.07, 6.45) is 4.86. The summed E-state index contributed by atoms with van der Waals surface area (Å²) in [4.78, 5) is 24.4. The van der Waals surface area contributed by atoms with Gasteiger partial charge in [0.15, 0.2) is 5.78 Å². The summed E-state index contributed by atoms with van der Waals surface area (Å²) in [6.45, 7) is 6.38. The number of amides is 1. The molecule has 2 aromatic carbocycles. The van der Waals surface area contributed by atoms with Crippen LogP contribution in [0.4, 0.5) is 0 Å². The van der Waals surface area contributed by atoms with Crippen molar-refractivity contribution in [3.63, 3.8) is 0 Å². The van der Waals surface area contributed by atoms with E-state index in [9.17, 15) is 9.59 Å². The molecule has 0 spiro atoms. The van der Waals surface area contributed by atoms with Crippen LogP contribution in [0.5, 0.6) is 0 Å². The monoisotopic (exact) mass is 346 g/mol. The topological polar surface area (TPSA) is 58.2 Å². The van der Waals surface area contributed by atoms with Gasteiger partial charge >= 0.3 is 0 Å². The summed E-state index contributed by atoms with van der Waals surface area (Å²) in [5.41, 5.74) is 9.47. The molecule has 0 bridgehead atoms. The molecule has 0 atom stereocenters. The first-order valence-corrected chi connectivity index (χ1v) is 8.54. The quantitative estimate of drug-likeness (QED) is 0.655. The third-order valence-electron chi connectivity index (χ3n) is 4.35. The van der Waals surface area contributed by atoms with Crippen LogP contribution in [0, 0.1) is 0 Å². The lowest BCUT2D eigenvalue weighted by atomic mass is 9.87. The minimum Gasteiger partial charge on any atom is -0.305 e. The Morgan fingerprint density at radius 1 is 0.962 bits per heavy atom. The fourth-order valence-corrected chi connectivity index (χ4v) is 2.79. The highest BCUT2D eigenvalue weighted by atomic mass is 16.2. The molecule has 26 heavy (non-hydrogen) atoms. The molecule has 0 aliphatic heterocycles. The van der Waals surface area contributed by atoms with Crippen LogP contribution in [-0.4, -0.2) is 11.7 Å². The molecule has 4 heteroatoms. The van der Waals surface area contributed by atoms with E-state index >= 15 is 0 Å². The van der Waals surface area contributed by atoms with Gasteiger partial charge in [-0.2, -0.15) is 0 Å². The van der Waals surface area contributed by atoms with Gasteiger partial charge in [-0.1, -0.05) is 63.2 Å². The molecule has 1 aliphatic carbocycles. The highest BCUT2D eigenvalue weighted by Gasteiger charge is 2.17. The predicted molar refractivity (Wildman–Crippen MR) is 104 cm³/mol. The highest BCUT2D eigenvalue weighted by molar-refractivity contribution is 6.29. The van der Waals surface area contributed by atoms with Gasteiger partial charge in [-0.25, -0.2) is 0 Å². The zero-order valence-corrected chi connectivity index (χ0v) is 15.2. The Morgan fingerprint density at radius 3 is 2.35 bits per heavy atom. The number of benzene rings is 2. The molecule has 4 nitrogen and oxygen atoms in total. The van der Waals surface area contributed by atoms with E-state index in [-0.39, 0.29) is 17.1 Å². The van der Waals surface area contributed by atoms with Crippen LogP contribution >= 0.6 is 0 Å². The molecule has 2 aromatic rings. The van der Waals surface area contributed by atoms with Gasteiger partial charge in [0.2, 0.25) is 0 Å². The maximum atomic E-state index is 12.3. The van der Waals surface area contributed by atoms with Crippen molar-refractivity contribution in [2.45, 2.75) is 26.2 Å². The first-order valence-electron chi connectivity index (χ1n) is 8.54. The fourth-order valence-electron chi connectivity index (χ4n) is 2.79. The van der Waals surface area contributed by atoms with Crippen molar-refractivity contribution in [2.75, 3.05) is 0 Å². The Bertz CT molecular complexity index is 900. The van der Waals surface area contributed by atoms with Crippen LogP contribution in [0.2, 0.25) is 0 Å². The molecule has 0 unspecified atom stereocenters. The Hall–Kier alpha value is -3.14. The van der Waals surface area contributed by atoms with Crippen LogP contribution in [0.25, 0.3) is 11.6 Å². The molecule has 0 radical (unpaired) electrons. The molecule has 0 saturated carbocycles. The predicted octanol–water partition coefficient (Wildman–Crippen LogP) is 3.86. The van der Waals surface area contributed by atoms with E-state index in [1.165, 1.54) is 17.8 Å². The van der Waals surface area contributed by atoms with Gasteiger partial charge in [-0.15, -0.1) is 0 Å². The number of ketones is 1. The minimum absolute atomic E-state index is 0.0416. The zero-order valence-electron chi connectivity index (χ0n) is 15.2.